The standard InChI is InChI=1S/C30H38N3P2Si2/c1-36(2,3)32-34(27-19-11-7-12-20-27,28-21-13-8-14-22-28)31-35(33-37(4,5)6,29-23-15-9-16-24-29)30-25-17-10-18-26-30/h7-26H,1-6H3/q-1. The van der Waals surface area contributed by atoms with Gasteiger partial charge >= 0.3 is 0 Å². The number of benzene rings is 4. The largest absolute Gasteiger partial charge is 0.616 e. The molecule has 37 heavy (non-hydrogen) atoms. The molecule has 192 valence electrons. The second kappa shape index (κ2) is 11.2. The van der Waals surface area contributed by atoms with Crippen LogP contribution < -0.4 is 21.2 Å². The van der Waals surface area contributed by atoms with Crippen LogP contribution in [-0.2, 0) is 0 Å². The predicted molar refractivity (Wildman–Crippen MR) is 173 cm³/mol. The van der Waals surface area contributed by atoms with Crippen molar-refractivity contribution < 1.29 is 0 Å². The summed E-state index contributed by atoms with van der Waals surface area (Å²) in [6.45, 7) is 13.9. The monoisotopic (exact) mass is 558 g/mol. The van der Waals surface area contributed by atoms with Gasteiger partial charge in [-0.25, -0.2) is 0 Å². The molecule has 7 heteroatoms. The lowest BCUT2D eigenvalue weighted by Crippen LogP contribution is -2.27. The van der Waals surface area contributed by atoms with Crippen LogP contribution in [-0.4, -0.2) is 16.5 Å². The Hall–Kier alpha value is -2.27. The Morgan fingerprint density at radius 2 is 0.811 bits per heavy atom. The summed E-state index contributed by atoms with van der Waals surface area (Å²) < 4.78 is 17.8. The molecule has 0 fully saturated rings. The summed E-state index contributed by atoms with van der Waals surface area (Å²) in [5, 5.41) is 4.80. The Bertz CT molecular complexity index is 1330. The summed E-state index contributed by atoms with van der Waals surface area (Å²) in [7, 11) is -9.04. The molecule has 0 aliphatic rings. The van der Waals surface area contributed by atoms with E-state index in [9.17, 15) is 0 Å². The van der Waals surface area contributed by atoms with Gasteiger partial charge in [0.2, 0.25) is 0 Å². The third-order valence-corrected chi connectivity index (χ3v) is 18.9. The van der Waals surface area contributed by atoms with Crippen LogP contribution >= 0.6 is 14.4 Å². The zero-order valence-corrected chi connectivity index (χ0v) is 26.6. The molecule has 0 aliphatic heterocycles. The first-order chi connectivity index (χ1) is 17.5. The minimum Gasteiger partial charge on any atom is -0.616 e. The van der Waals surface area contributed by atoms with Crippen molar-refractivity contribution >= 4 is 52.1 Å². The van der Waals surface area contributed by atoms with Gasteiger partial charge < -0.3 is 9.16 Å². The van der Waals surface area contributed by atoms with Gasteiger partial charge in [-0.2, -0.15) is 0 Å². The van der Waals surface area contributed by atoms with E-state index < -0.39 is 30.9 Å². The lowest BCUT2D eigenvalue weighted by molar-refractivity contribution is 1.57. The van der Waals surface area contributed by atoms with Gasteiger partial charge in [-0.1, -0.05) is 156 Å². The summed E-state index contributed by atoms with van der Waals surface area (Å²) in [6.07, 6.45) is 0. The van der Waals surface area contributed by atoms with Crippen molar-refractivity contribution in [2.24, 2.45) is 8.93 Å². The minimum atomic E-state index is -2.57. The van der Waals surface area contributed by atoms with Gasteiger partial charge in [-0.05, 0) is 30.3 Å². The van der Waals surface area contributed by atoms with Crippen molar-refractivity contribution in [3.8, 4) is 0 Å². The second-order valence-electron chi connectivity index (χ2n) is 11.2. The molecule has 0 spiro atoms. The highest BCUT2D eigenvalue weighted by Gasteiger charge is 2.31. The summed E-state index contributed by atoms with van der Waals surface area (Å²) in [6, 6.07) is 43.2. The molecule has 0 heterocycles. The van der Waals surface area contributed by atoms with Gasteiger partial charge in [0.15, 0.2) is 8.24 Å². The van der Waals surface area contributed by atoms with Crippen LogP contribution in [0.1, 0.15) is 0 Å². The van der Waals surface area contributed by atoms with Crippen molar-refractivity contribution in [3.05, 3.63) is 126 Å². The molecule has 4 rings (SSSR count). The molecule has 0 aliphatic carbocycles. The fraction of sp³-hybridized carbons (Fsp3) is 0.200. The van der Waals surface area contributed by atoms with Gasteiger partial charge in [-0.3, -0.25) is 4.52 Å². The molecule has 0 unspecified atom stereocenters. The Labute approximate surface area is 225 Å². The van der Waals surface area contributed by atoms with Crippen LogP contribution in [0.15, 0.2) is 130 Å². The highest BCUT2D eigenvalue weighted by molar-refractivity contribution is 7.93. The maximum atomic E-state index is 6.15. The van der Waals surface area contributed by atoms with E-state index in [2.05, 4.69) is 161 Å². The fourth-order valence-corrected chi connectivity index (χ4v) is 20.3. The van der Waals surface area contributed by atoms with Crippen LogP contribution in [0, 0.1) is 0 Å². The van der Waals surface area contributed by atoms with Crippen molar-refractivity contribution in [2.75, 3.05) is 0 Å². The Morgan fingerprint density at radius 3 is 1.11 bits per heavy atom. The van der Waals surface area contributed by atoms with Crippen LogP contribution in [0.4, 0.5) is 0 Å². The molecule has 0 N–H and O–H groups in total. The third-order valence-electron chi connectivity index (χ3n) is 5.61. The Morgan fingerprint density at radius 1 is 0.486 bits per heavy atom. The van der Waals surface area contributed by atoms with E-state index in [0.29, 0.717) is 0 Å². The van der Waals surface area contributed by atoms with Crippen LogP contribution in [0.5, 0.6) is 0 Å². The lowest BCUT2D eigenvalue weighted by atomic mass is 10.4. The Balaban J connectivity index is 2.30. The summed E-state index contributed by atoms with van der Waals surface area (Å²) in [5.41, 5.74) is 0. The average molecular weight is 559 g/mol. The van der Waals surface area contributed by atoms with Crippen LogP contribution in [0.2, 0.25) is 39.3 Å². The lowest BCUT2D eigenvalue weighted by Gasteiger charge is -2.49. The SMILES string of the molecule is C[Si](C)(C)N=P(N=P([N-][Si](C)(C)C)(c1ccccc1)c1ccccc1)(c1ccccc1)c1ccccc1. The van der Waals surface area contributed by atoms with Gasteiger partial charge in [0.05, 0.1) is 0 Å². The average Bonchev–Trinajstić information content (AvgIpc) is 2.88. The first-order valence-corrected chi connectivity index (χ1v) is 23.1. The van der Waals surface area contributed by atoms with Crippen molar-refractivity contribution in [1.29, 1.82) is 0 Å². The molecule has 4 aromatic carbocycles. The van der Waals surface area contributed by atoms with Crippen molar-refractivity contribution in [3.63, 3.8) is 0 Å². The van der Waals surface area contributed by atoms with Gasteiger partial charge in [0.25, 0.3) is 0 Å². The molecule has 0 saturated heterocycles. The number of nitrogens with zero attached hydrogens (tertiary/aromatic N) is 3. The van der Waals surface area contributed by atoms with E-state index in [0.717, 1.165) is 0 Å². The predicted octanol–water partition coefficient (Wildman–Crippen LogP) is 8.56. The number of hydrogen-bond donors (Lipinski definition) is 0. The van der Waals surface area contributed by atoms with Crippen LogP contribution in [0.3, 0.4) is 0 Å². The fourth-order valence-electron chi connectivity index (χ4n) is 4.37. The van der Waals surface area contributed by atoms with Gasteiger partial charge in [-0.15, -0.1) is 0 Å². The van der Waals surface area contributed by atoms with E-state index in [-0.39, 0.29) is 0 Å². The summed E-state index contributed by atoms with van der Waals surface area (Å²) in [5.74, 6) is 0. The van der Waals surface area contributed by atoms with Gasteiger partial charge in [0.1, 0.15) is 7.21 Å². The number of hydrogen-bond acceptors (Lipinski definition) is 1. The minimum absolute atomic E-state index is 1.20. The molecule has 0 bridgehead atoms. The maximum Gasteiger partial charge on any atom is 0.173 e. The van der Waals surface area contributed by atoms with Crippen LogP contribution in [0.25, 0.3) is 4.75 Å². The van der Waals surface area contributed by atoms with E-state index in [1.54, 1.807) is 0 Å². The summed E-state index contributed by atoms with van der Waals surface area (Å²) >= 11 is 0. The maximum absolute atomic E-state index is 6.15. The van der Waals surface area contributed by atoms with Crippen molar-refractivity contribution in [1.82, 2.24) is 0 Å². The number of rotatable bonds is 8. The molecule has 0 saturated carbocycles. The molecular weight excluding hydrogens is 520 g/mol. The molecule has 0 aromatic heterocycles. The second-order valence-corrected chi connectivity index (χ2v) is 26.6. The van der Waals surface area contributed by atoms with Gasteiger partial charge in [0, 0.05) is 10.6 Å². The quantitative estimate of drug-likeness (QED) is 0.154. The van der Waals surface area contributed by atoms with Crippen molar-refractivity contribution in [2.45, 2.75) is 39.3 Å². The van der Waals surface area contributed by atoms with E-state index in [1.165, 1.54) is 21.2 Å². The highest BCUT2D eigenvalue weighted by Crippen LogP contribution is 2.66. The first-order valence-electron chi connectivity index (χ1n) is 12.8. The zero-order valence-electron chi connectivity index (χ0n) is 22.8. The molecule has 0 atom stereocenters. The van der Waals surface area contributed by atoms with E-state index in [4.69, 9.17) is 13.7 Å². The molecular formula is C30H38N3P2Si2-. The molecule has 3 nitrogen and oxygen atoms in total. The normalized spacial score (nSPS) is 12.7. The molecule has 4 aromatic rings. The zero-order chi connectivity index (χ0) is 26.6. The van der Waals surface area contributed by atoms with E-state index >= 15 is 0 Å². The first kappa shape index (κ1) is 27.8. The highest BCUT2D eigenvalue weighted by atomic mass is 31.2. The van der Waals surface area contributed by atoms with E-state index in [1.807, 2.05) is 0 Å². The Kier molecular flexibility index (Phi) is 8.43. The molecule has 0 radical (unpaired) electrons. The smallest absolute Gasteiger partial charge is 0.173 e. The summed E-state index contributed by atoms with van der Waals surface area (Å²) in [4.78, 5) is 0. The third kappa shape index (κ3) is 6.60. The topological polar surface area (TPSA) is 38.8 Å². The molecule has 0 amide bonds.